The SMILES string of the molecule is C=C1C(=O)C2=C(OC(C)C2(C)C)c2cc(C)c3ccccc3c21. The van der Waals surface area contributed by atoms with Gasteiger partial charge in [-0.25, -0.2) is 0 Å². The highest BCUT2D eigenvalue weighted by Gasteiger charge is 2.48. The Hall–Kier alpha value is -2.35. The van der Waals surface area contributed by atoms with Gasteiger partial charge < -0.3 is 4.74 Å². The van der Waals surface area contributed by atoms with E-state index in [9.17, 15) is 4.79 Å². The van der Waals surface area contributed by atoms with Crippen molar-refractivity contribution in [2.75, 3.05) is 0 Å². The number of aryl methyl sites for hydroxylation is 1. The van der Waals surface area contributed by atoms with Crippen molar-refractivity contribution in [2.45, 2.75) is 33.8 Å². The van der Waals surface area contributed by atoms with Crippen molar-refractivity contribution < 1.29 is 9.53 Å². The Kier molecular flexibility index (Phi) is 2.69. The van der Waals surface area contributed by atoms with E-state index in [0.717, 1.165) is 33.2 Å². The maximum absolute atomic E-state index is 13.0. The van der Waals surface area contributed by atoms with Crippen LogP contribution < -0.4 is 0 Å². The third kappa shape index (κ3) is 1.66. The number of ketones is 1. The third-order valence-electron chi connectivity index (χ3n) is 5.48. The quantitative estimate of drug-likeness (QED) is 0.647. The van der Waals surface area contributed by atoms with Crippen LogP contribution in [0.3, 0.4) is 0 Å². The molecule has 0 saturated carbocycles. The Morgan fingerprint density at radius 3 is 2.52 bits per heavy atom. The van der Waals surface area contributed by atoms with Gasteiger partial charge in [0.05, 0.1) is 5.57 Å². The molecule has 0 radical (unpaired) electrons. The zero-order valence-corrected chi connectivity index (χ0v) is 14.0. The number of carbonyl (C=O) groups excluding carboxylic acids is 1. The molecular weight excluding hydrogens is 284 g/mol. The smallest absolute Gasteiger partial charge is 0.193 e. The van der Waals surface area contributed by atoms with Gasteiger partial charge >= 0.3 is 0 Å². The molecule has 0 aromatic heterocycles. The van der Waals surface area contributed by atoms with Gasteiger partial charge in [0, 0.05) is 22.1 Å². The second-order valence-corrected chi connectivity index (χ2v) is 7.16. The fourth-order valence-electron chi connectivity index (χ4n) is 3.80. The van der Waals surface area contributed by atoms with E-state index in [0.29, 0.717) is 5.57 Å². The van der Waals surface area contributed by atoms with E-state index in [1.165, 1.54) is 5.56 Å². The lowest BCUT2D eigenvalue weighted by atomic mass is 9.72. The first kappa shape index (κ1) is 14.3. The highest BCUT2D eigenvalue weighted by molar-refractivity contribution is 6.35. The maximum Gasteiger partial charge on any atom is 0.193 e. The lowest BCUT2D eigenvalue weighted by Crippen LogP contribution is -2.28. The molecule has 116 valence electrons. The lowest BCUT2D eigenvalue weighted by Gasteiger charge is -2.26. The van der Waals surface area contributed by atoms with E-state index in [1.807, 2.05) is 19.1 Å². The number of ether oxygens (including phenoxy) is 1. The van der Waals surface area contributed by atoms with Crippen molar-refractivity contribution in [3.63, 3.8) is 0 Å². The van der Waals surface area contributed by atoms with Crippen molar-refractivity contribution in [3.8, 4) is 0 Å². The van der Waals surface area contributed by atoms with E-state index in [2.05, 4.69) is 45.5 Å². The normalized spacial score (nSPS) is 22.2. The van der Waals surface area contributed by atoms with Gasteiger partial charge in [0.2, 0.25) is 0 Å². The van der Waals surface area contributed by atoms with Crippen molar-refractivity contribution in [2.24, 2.45) is 5.41 Å². The largest absolute Gasteiger partial charge is 0.489 e. The maximum atomic E-state index is 13.0. The first-order valence-corrected chi connectivity index (χ1v) is 8.02. The highest BCUT2D eigenvalue weighted by atomic mass is 16.5. The zero-order chi connectivity index (χ0) is 16.5. The number of rotatable bonds is 0. The average molecular weight is 304 g/mol. The van der Waals surface area contributed by atoms with E-state index in [1.54, 1.807) is 0 Å². The van der Waals surface area contributed by atoms with E-state index >= 15 is 0 Å². The Labute approximate surface area is 136 Å². The summed E-state index contributed by atoms with van der Waals surface area (Å²) in [6.07, 6.45) is -0.0259. The van der Waals surface area contributed by atoms with Crippen LogP contribution in [0.15, 0.2) is 42.5 Å². The molecule has 1 heterocycles. The van der Waals surface area contributed by atoms with Crippen molar-refractivity contribution >= 4 is 27.9 Å². The van der Waals surface area contributed by atoms with Gasteiger partial charge in [-0.3, -0.25) is 4.79 Å². The summed E-state index contributed by atoms with van der Waals surface area (Å²) in [7, 11) is 0. The molecule has 0 fully saturated rings. The van der Waals surface area contributed by atoms with Crippen molar-refractivity contribution in [1.82, 2.24) is 0 Å². The van der Waals surface area contributed by atoms with Gasteiger partial charge in [-0.2, -0.15) is 0 Å². The summed E-state index contributed by atoms with van der Waals surface area (Å²) >= 11 is 0. The zero-order valence-electron chi connectivity index (χ0n) is 14.0. The van der Waals surface area contributed by atoms with Gasteiger partial charge in [-0.1, -0.05) is 44.7 Å². The number of Topliss-reactive ketones (excluding diaryl/α,β-unsaturated/α-hetero) is 1. The van der Waals surface area contributed by atoms with Gasteiger partial charge in [-0.05, 0) is 36.2 Å². The second kappa shape index (κ2) is 4.35. The fourth-order valence-corrected chi connectivity index (χ4v) is 3.80. The minimum absolute atomic E-state index is 0.0239. The summed E-state index contributed by atoms with van der Waals surface area (Å²) in [5.74, 6) is 0.777. The van der Waals surface area contributed by atoms with Crippen LogP contribution in [0.25, 0.3) is 22.1 Å². The molecule has 0 amide bonds. The minimum Gasteiger partial charge on any atom is -0.489 e. The van der Waals surface area contributed by atoms with Gasteiger partial charge in [0.15, 0.2) is 5.78 Å². The monoisotopic (exact) mass is 304 g/mol. The fraction of sp³-hybridized carbons (Fsp3) is 0.286. The molecule has 2 aromatic rings. The summed E-state index contributed by atoms with van der Waals surface area (Å²) in [6, 6.07) is 10.3. The summed E-state index contributed by atoms with van der Waals surface area (Å²) < 4.78 is 6.15. The third-order valence-corrected chi connectivity index (χ3v) is 5.48. The molecule has 0 N–H and O–H groups in total. The standard InChI is InChI=1S/C21H20O2/c1-11-10-16-17(15-9-7-6-8-14(11)15)12(2)19(22)18-20(16)23-13(3)21(18,4)5/h6-10,13H,2H2,1,3-5H3. The molecule has 1 atom stereocenters. The Morgan fingerprint density at radius 1 is 1.17 bits per heavy atom. The number of fused-ring (bicyclic) bond motifs is 4. The van der Waals surface area contributed by atoms with Crippen molar-refractivity contribution in [3.05, 3.63) is 59.2 Å². The van der Waals surface area contributed by atoms with E-state index in [4.69, 9.17) is 4.74 Å². The molecule has 2 aliphatic rings. The van der Waals surface area contributed by atoms with Crippen LogP contribution in [0.5, 0.6) is 0 Å². The van der Waals surface area contributed by atoms with Crippen LogP contribution in [0.2, 0.25) is 0 Å². The Bertz CT molecular complexity index is 928. The summed E-state index contributed by atoms with van der Waals surface area (Å²) in [4.78, 5) is 13.0. The molecule has 0 spiro atoms. The van der Waals surface area contributed by atoms with E-state index in [-0.39, 0.29) is 17.3 Å². The molecule has 4 rings (SSSR count). The Balaban J connectivity index is 2.14. The minimum atomic E-state index is -0.299. The molecule has 1 aliphatic heterocycles. The highest BCUT2D eigenvalue weighted by Crippen LogP contribution is 2.52. The average Bonchev–Trinajstić information content (AvgIpc) is 2.75. The van der Waals surface area contributed by atoms with Crippen LogP contribution in [-0.4, -0.2) is 11.9 Å². The summed E-state index contributed by atoms with van der Waals surface area (Å²) in [6.45, 7) is 12.4. The number of hydrogen-bond donors (Lipinski definition) is 0. The number of carbonyl (C=O) groups is 1. The first-order chi connectivity index (χ1) is 10.8. The van der Waals surface area contributed by atoms with Crippen LogP contribution in [0.4, 0.5) is 0 Å². The van der Waals surface area contributed by atoms with Crippen molar-refractivity contribution in [1.29, 1.82) is 0 Å². The molecule has 1 unspecified atom stereocenters. The first-order valence-electron chi connectivity index (χ1n) is 8.02. The van der Waals surface area contributed by atoms with Gasteiger partial charge in [0.25, 0.3) is 0 Å². The summed E-state index contributed by atoms with van der Waals surface area (Å²) in [5.41, 5.74) is 4.19. The molecule has 2 heteroatoms. The van der Waals surface area contributed by atoms with Gasteiger partial charge in [0.1, 0.15) is 11.9 Å². The topological polar surface area (TPSA) is 26.3 Å². The Morgan fingerprint density at radius 2 is 1.83 bits per heavy atom. The van der Waals surface area contributed by atoms with E-state index < -0.39 is 0 Å². The molecule has 2 nitrogen and oxygen atoms in total. The molecule has 0 bridgehead atoms. The number of benzene rings is 2. The molecule has 1 aliphatic carbocycles. The second-order valence-electron chi connectivity index (χ2n) is 7.16. The predicted molar refractivity (Wildman–Crippen MR) is 94.0 cm³/mol. The summed E-state index contributed by atoms with van der Waals surface area (Å²) in [5, 5.41) is 2.24. The van der Waals surface area contributed by atoms with Gasteiger partial charge in [-0.15, -0.1) is 0 Å². The van der Waals surface area contributed by atoms with Crippen LogP contribution in [0.1, 0.15) is 37.5 Å². The van der Waals surface area contributed by atoms with Crippen LogP contribution >= 0.6 is 0 Å². The number of hydrogen-bond acceptors (Lipinski definition) is 2. The molecule has 0 saturated heterocycles. The molecular formula is C21H20O2. The molecule has 2 aromatic carbocycles. The molecule has 23 heavy (non-hydrogen) atoms. The number of allylic oxidation sites excluding steroid dienone is 1. The lowest BCUT2D eigenvalue weighted by molar-refractivity contribution is -0.111. The van der Waals surface area contributed by atoms with Crippen LogP contribution in [-0.2, 0) is 9.53 Å². The van der Waals surface area contributed by atoms with Crippen LogP contribution in [0, 0.1) is 12.3 Å². The predicted octanol–water partition coefficient (Wildman–Crippen LogP) is 4.90.